The topological polar surface area (TPSA) is 52.8 Å². The molecule has 0 amide bonds. The number of nitrogens with zero attached hydrogens (tertiary/aromatic N) is 2. The zero-order valence-electron chi connectivity index (χ0n) is 23.2. The quantitative estimate of drug-likeness (QED) is 0.200. The van der Waals surface area contributed by atoms with Crippen molar-refractivity contribution in [3.63, 3.8) is 0 Å². The number of para-hydroxylation sites is 1. The predicted molar refractivity (Wildman–Crippen MR) is 173 cm³/mol. The van der Waals surface area contributed by atoms with Crippen LogP contribution < -0.4 is 24.4 Å². The molecule has 5 aromatic rings. The van der Waals surface area contributed by atoms with Gasteiger partial charge in [0.1, 0.15) is 18.1 Å². The Bertz CT molecular complexity index is 2100. The van der Waals surface area contributed by atoms with E-state index in [0.29, 0.717) is 31.7 Å². The molecule has 8 heteroatoms. The molecule has 0 N–H and O–H groups in total. The van der Waals surface area contributed by atoms with E-state index in [1.54, 1.807) is 19.2 Å². The van der Waals surface area contributed by atoms with Crippen molar-refractivity contribution < 1.29 is 9.47 Å². The van der Waals surface area contributed by atoms with E-state index in [9.17, 15) is 4.79 Å². The first-order valence-corrected chi connectivity index (χ1v) is 15.5. The fraction of sp³-hybridized carbons (Fsp3) is 0.143. The third kappa shape index (κ3) is 5.20. The van der Waals surface area contributed by atoms with Crippen molar-refractivity contribution in [3.8, 4) is 11.5 Å². The van der Waals surface area contributed by atoms with Gasteiger partial charge >= 0.3 is 0 Å². The Morgan fingerprint density at radius 3 is 2.67 bits per heavy atom. The van der Waals surface area contributed by atoms with Crippen LogP contribution in [0, 0.1) is 0 Å². The van der Waals surface area contributed by atoms with Gasteiger partial charge in [-0.2, -0.15) is 0 Å². The summed E-state index contributed by atoms with van der Waals surface area (Å²) < 4.78 is 14.3. The monoisotopic (exact) mass is 624 g/mol. The number of allylic oxidation sites excluding steroid dienone is 1. The highest BCUT2D eigenvalue weighted by Gasteiger charge is 2.33. The summed E-state index contributed by atoms with van der Waals surface area (Å²) in [5.41, 5.74) is 7.08. The Kier molecular flexibility index (Phi) is 7.43. The lowest BCUT2D eigenvalue weighted by Gasteiger charge is -2.31. The second kappa shape index (κ2) is 11.5. The summed E-state index contributed by atoms with van der Waals surface area (Å²) >= 11 is 13.8. The molecule has 0 saturated heterocycles. The van der Waals surface area contributed by atoms with Gasteiger partial charge in [-0.1, -0.05) is 95.2 Å². The molecule has 0 fully saturated rings. The van der Waals surface area contributed by atoms with Crippen LogP contribution in [-0.4, -0.2) is 11.7 Å². The van der Waals surface area contributed by atoms with Crippen LogP contribution in [0.1, 0.15) is 40.3 Å². The van der Waals surface area contributed by atoms with E-state index in [1.165, 1.54) is 16.9 Å². The van der Waals surface area contributed by atoms with Gasteiger partial charge in [-0.25, -0.2) is 4.99 Å². The van der Waals surface area contributed by atoms with Crippen LogP contribution in [0.5, 0.6) is 11.5 Å². The summed E-state index contributed by atoms with van der Waals surface area (Å²) in [6, 6.07) is 29.1. The smallest absolute Gasteiger partial charge is 0.271 e. The first-order chi connectivity index (χ1) is 21.0. The number of hydrogen-bond donors (Lipinski definition) is 0. The largest absolute Gasteiger partial charge is 0.496 e. The Morgan fingerprint density at radius 2 is 1.81 bits per heavy atom. The van der Waals surface area contributed by atoms with E-state index in [-0.39, 0.29) is 11.6 Å². The summed E-state index contributed by atoms with van der Waals surface area (Å²) in [5, 5.41) is 1.13. The molecule has 0 saturated carbocycles. The second-order valence-corrected chi connectivity index (χ2v) is 12.3. The van der Waals surface area contributed by atoms with E-state index in [0.717, 1.165) is 52.1 Å². The van der Waals surface area contributed by atoms with Gasteiger partial charge < -0.3 is 9.47 Å². The molecule has 214 valence electrons. The van der Waals surface area contributed by atoms with Crippen molar-refractivity contribution in [1.82, 2.24) is 4.57 Å². The lowest BCUT2D eigenvalue weighted by molar-refractivity contribution is 0.306. The van der Waals surface area contributed by atoms with Crippen LogP contribution in [0.3, 0.4) is 0 Å². The van der Waals surface area contributed by atoms with Crippen LogP contribution in [0.4, 0.5) is 0 Å². The van der Waals surface area contributed by atoms with Crippen LogP contribution in [0.15, 0.2) is 106 Å². The Hall–Kier alpha value is -4.10. The summed E-state index contributed by atoms with van der Waals surface area (Å²) in [6.45, 7) is 0.299. The van der Waals surface area contributed by atoms with E-state index < -0.39 is 0 Å². The first-order valence-electron chi connectivity index (χ1n) is 13.9. The Labute approximate surface area is 262 Å². The summed E-state index contributed by atoms with van der Waals surface area (Å²) in [5.74, 6) is 1.42. The van der Waals surface area contributed by atoms with Crippen molar-refractivity contribution in [2.75, 3.05) is 7.11 Å². The van der Waals surface area contributed by atoms with E-state index in [2.05, 4.69) is 18.2 Å². The molecule has 0 unspecified atom stereocenters. The van der Waals surface area contributed by atoms with Gasteiger partial charge in [-0.15, -0.1) is 0 Å². The summed E-state index contributed by atoms with van der Waals surface area (Å²) in [4.78, 5) is 19.9. The van der Waals surface area contributed by atoms with E-state index in [1.807, 2.05) is 71.3 Å². The normalized spacial score (nSPS) is 15.8. The van der Waals surface area contributed by atoms with Gasteiger partial charge in [0.15, 0.2) is 4.80 Å². The number of thiazole rings is 1. The average Bonchev–Trinajstić information content (AvgIpc) is 3.33. The molecule has 1 aliphatic carbocycles. The van der Waals surface area contributed by atoms with Crippen LogP contribution in [0.2, 0.25) is 10.0 Å². The highest BCUT2D eigenvalue weighted by Crippen LogP contribution is 2.43. The maximum absolute atomic E-state index is 14.1. The van der Waals surface area contributed by atoms with Gasteiger partial charge in [-0.3, -0.25) is 9.36 Å². The van der Waals surface area contributed by atoms with Crippen LogP contribution >= 0.6 is 34.5 Å². The molecule has 0 spiro atoms. The van der Waals surface area contributed by atoms with Crippen LogP contribution in [-0.2, 0) is 13.0 Å². The molecular weight excluding hydrogens is 599 g/mol. The minimum atomic E-state index is -0.309. The molecule has 1 atom stereocenters. The molecule has 1 aliphatic heterocycles. The van der Waals surface area contributed by atoms with Gasteiger partial charge in [0.05, 0.1) is 23.4 Å². The number of aromatic nitrogens is 1. The number of hydrogen-bond acceptors (Lipinski definition) is 5. The maximum atomic E-state index is 14.1. The van der Waals surface area contributed by atoms with Gasteiger partial charge in [0.25, 0.3) is 5.56 Å². The maximum Gasteiger partial charge on any atom is 0.271 e. The minimum absolute atomic E-state index is 0.0793. The molecule has 5 nitrogen and oxygen atoms in total. The number of rotatable bonds is 6. The third-order valence-electron chi connectivity index (χ3n) is 7.87. The number of benzene rings is 4. The summed E-state index contributed by atoms with van der Waals surface area (Å²) in [6.07, 6.45) is 3.62. The molecule has 2 aliphatic rings. The Balaban J connectivity index is 1.32. The SMILES string of the molecule is COc1ccccc1[C@H]1C2=C(N=c3s/c(=C/c4cccc(OCc5ccc(Cl)cc5Cl)c4)c(=O)n31)c1ccccc1CC2. The van der Waals surface area contributed by atoms with Gasteiger partial charge in [-0.05, 0) is 65.9 Å². The fourth-order valence-electron chi connectivity index (χ4n) is 5.84. The fourth-order valence-corrected chi connectivity index (χ4v) is 7.30. The van der Waals surface area contributed by atoms with Crippen molar-refractivity contribution in [2.24, 2.45) is 4.99 Å². The van der Waals surface area contributed by atoms with Crippen molar-refractivity contribution in [1.29, 1.82) is 0 Å². The molecular formula is C35H26Cl2N2O3S. The first kappa shape index (κ1) is 27.7. The van der Waals surface area contributed by atoms with Gasteiger partial charge in [0.2, 0.25) is 0 Å². The molecule has 4 aromatic carbocycles. The molecule has 1 aromatic heterocycles. The van der Waals surface area contributed by atoms with Gasteiger partial charge in [0, 0.05) is 26.7 Å². The number of halogens is 2. The summed E-state index contributed by atoms with van der Waals surface area (Å²) in [7, 11) is 1.67. The lowest BCUT2D eigenvalue weighted by Crippen LogP contribution is -2.39. The number of methoxy groups -OCH3 is 1. The minimum Gasteiger partial charge on any atom is -0.496 e. The zero-order valence-corrected chi connectivity index (χ0v) is 25.5. The highest BCUT2D eigenvalue weighted by molar-refractivity contribution is 7.07. The Morgan fingerprint density at radius 1 is 0.977 bits per heavy atom. The second-order valence-electron chi connectivity index (χ2n) is 10.5. The number of ether oxygens (including phenoxy) is 2. The van der Waals surface area contributed by atoms with E-state index >= 15 is 0 Å². The molecule has 0 bridgehead atoms. The highest BCUT2D eigenvalue weighted by atomic mass is 35.5. The lowest BCUT2D eigenvalue weighted by atomic mass is 9.83. The molecule has 0 radical (unpaired) electrons. The standard InChI is InChI=1S/C35H26Cl2N2O3S/c1-41-30-12-5-4-11-27(30)33-28-16-14-22-8-2-3-10-26(22)32(28)38-35-39(33)34(40)31(43-35)18-21-7-6-9-25(17-21)42-20-23-13-15-24(36)19-29(23)37/h2-13,15,17-19,33H,14,16,20H2,1H3/b31-18+/t33-/m0/s1. The predicted octanol–water partition coefficient (Wildman–Crippen LogP) is 7.21. The average molecular weight is 626 g/mol. The van der Waals surface area contributed by atoms with E-state index in [4.69, 9.17) is 37.7 Å². The molecule has 43 heavy (non-hydrogen) atoms. The van der Waals surface area contributed by atoms with Crippen molar-refractivity contribution in [3.05, 3.63) is 154 Å². The van der Waals surface area contributed by atoms with Crippen molar-refractivity contribution >= 4 is 46.3 Å². The molecule has 7 rings (SSSR count). The van der Waals surface area contributed by atoms with Crippen LogP contribution in [0.25, 0.3) is 11.8 Å². The molecule has 2 heterocycles. The third-order valence-corrected chi connectivity index (χ3v) is 9.44. The van der Waals surface area contributed by atoms with Crippen molar-refractivity contribution in [2.45, 2.75) is 25.5 Å². The number of aryl methyl sites for hydroxylation is 1. The number of fused-ring (bicyclic) bond motifs is 3. The zero-order chi connectivity index (χ0) is 29.5.